The molecule has 0 aliphatic heterocycles. The van der Waals surface area contributed by atoms with Gasteiger partial charge in [-0.2, -0.15) is 0 Å². The Labute approximate surface area is 131 Å². The molecule has 3 aromatic rings. The van der Waals surface area contributed by atoms with Gasteiger partial charge in [-0.3, -0.25) is 4.79 Å². The summed E-state index contributed by atoms with van der Waals surface area (Å²) in [5, 5.41) is 5.13. The zero-order chi connectivity index (χ0) is 14.7. The van der Waals surface area contributed by atoms with Gasteiger partial charge in [0.25, 0.3) is 5.91 Å². The predicted octanol–water partition coefficient (Wildman–Crippen LogP) is 3.83. The summed E-state index contributed by atoms with van der Waals surface area (Å²) in [4.78, 5) is 12.2. The van der Waals surface area contributed by atoms with E-state index in [1.807, 2.05) is 65.5 Å². The molecule has 3 rings (SSSR count). The monoisotopic (exact) mass is 342 g/mol. The number of carbonyl (C=O) groups is 1. The topological polar surface area (TPSA) is 34.0 Å². The van der Waals surface area contributed by atoms with Crippen molar-refractivity contribution in [2.24, 2.45) is 0 Å². The minimum absolute atomic E-state index is 0.0352. The summed E-state index contributed by atoms with van der Waals surface area (Å²) in [7, 11) is 0. The molecule has 21 heavy (non-hydrogen) atoms. The first-order valence-corrected chi connectivity index (χ1v) is 7.60. The lowest BCUT2D eigenvalue weighted by Gasteiger charge is -2.07. The summed E-state index contributed by atoms with van der Waals surface area (Å²) in [6, 6.07) is 15.7. The molecule has 3 nitrogen and oxygen atoms in total. The van der Waals surface area contributed by atoms with Crippen LogP contribution in [0.25, 0.3) is 10.8 Å². The number of halogens is 1. The number of fused-ring (bicyclic) bond motifs is 1. The number of aromatic nitrogens is 1. The molecule has 0 radical (unpaired) electrons. The molecule has 0 unspecified atom stereocenters. The van der Waals surface area contributed by atoms with Gasteiger partial charge in [-0.05, 0) is 47.2 Å². The quantitative estimate of drug-likeness (QED) is 0.767. The Morgan fingerprint density at radius 2 is 1.76 bits per heavy atom. The standard InChI is InChI=1S/C17H15BrN2O/c18-16-6-5-13-11-15(4-3-14(13)12-16)17(21)19-7-10-20-8-1-2-9-20/h1-6,8-9,11-12H,7,10H2,(H,19,21). The predicted molar refractivity (Wildman–Crippen MR) is 88.4 cm³/mol. The Morgan fingerprint density at radius 1 is 1.05 bits per heavy atom. The number of benzene rings is 2. The summed E-state index contributed by atoms with van der Waals surface area (Å²) in [5.41, 5.74) is 0.692. The Bertz CT molecular complexity index is 766. The fraction of sp³-hybridized carbons (Fsp3) is 0.118. The van der Waals surface area contributed by atoms with Gasteiger partial charge in [-0.25, -0.2) is 0 Å². The number of rotatable bonds is 4. The van der Waals surface area contributed by atoms with E-state index in [2.05, 4.69) is 21.2 Å². The smallest absolute Gasteiger partial charge is 0.251 e. The van der Waals surface area contributed by atoms with E-state index < -0.39 is 0 Å². The zero-order valence-corrected chi connectivity index (χ0v) is 13.0. The van der Waals surface area contributed by atoms with Crippen LogP contribution < -0.4 is 5.32 Å². The summed E-state index contributed by atoms with van der Waals surface area (Å²) in [6.07, 6.45) is 3.97. The third-order valence-corrected chi connectivity index (χ3v) is 3.88. The van der Waals surface area contributed by atoms with E-state index in [9.17, 15) is 4.79 Å². The van der Waals surface area contributed by atoms with E-state index in [4.69, 9.17) is 0 Å². The lowest BCUT2D eigenvalue weighted by atomic mass is 10.1. The van der Waals surface area contributed by atoms with Crippen LogP contribution in [0, 0.1) is 0 Å². The first kappa shape index (κ1) is 13.9. The number of nitrogens with zero attached hydrogens (tertiary/aromatic N) is 1. The molecule has 0 saturated heterocycles. The molecule has 1 amide bonds. The molecule has 106 valence electrons. The zero-order valence-electron chi connectivity index (χ0n) is 11.4. The molecule has 0 aliphatic carbocycles. The molecule has 0 fully saturated rings. The van der Waals surface area contributed by atoms with E-state index in [1.54, 1.807) is 0 Å². The van der Waals surface area contributed by atoms with Crippen LogP contribution in [0.3, 0.4) is 0 Å². The van der Waals surface area contributed by atoms with Gasteiger partial charge in [-0.1, -0.05) is 28.1 Å². The minimum atomic E-state index is -0.0352. The highest BCUT2D eigenvalue weighted by atomic mass is 79.9. The van der Waals surface area contributed by atoms with E-state index in [0.29, 0.717) is 12.1 Å². The first-order valence-electron chi connectivity index (χ1n) is 6.81. The van der Waals surface area contributed by atoms with Crippen molar-refractivity contribution in [3.05, 3.63) is 71.0 Å². The molecule has 0 bridgehead atoms. The lowest BCUT2D eigenvalue weighted by Crippen LogP contribution is -2.26. The van der Waals surface area contributed by atoms with Gasteiger partial charge in [0.05, 0.1) is 0 Å². The van der Waals surface area contributed by atoms with Crippen molar-refractivity contribution in [2.45, 2.75) is 6.54 Å². The van der Waals surface area contributed by atoms with Gasteiger partial charge in [0.1, 0.15) is 0 Å². The highest BCUT2D eigenvalue weighted by molar-refractivity contribution is 9.10. The third kappa shape index (κ3) is 3.34. The first-order chi connectivity index (χ1) is 10.2. The van der Waals surface area contributed by atoms with Gasteiger partial charge in [-0.15, -0.1) is 0 Å². The van der Waals surface area contributed by atoms with Crippen molar-refractivity contribution in [3.8, 4) is 0 Å². The third-order valence-electron chi connectivity index (χ3n) is 3.39. The van der Waals surface area contributed by atoms with Crippen molar-refractivity contribution in [3.63, 3.8) is 0 Å². The summed E-state index contributed by atoms with van der Waals surface area (Å²) >= 11 is 3.45. The molecule has 1 aromatic heterocycles. The summed E-state index contributed by atoms with van der Waals surface area (Å²) in [5.74, 6) is -0.0352. The fourth-order valence-electron chi connectivity index (χ4n) is 2.28. The van der Waals surface area contributed by atoms with E-state index in [-0.39, 0.29) is 5.91 Å². The summed E-state index contributed by atoms with van der Waals surface area (Å²) in [6.45, 7) is 1.39. The molecule has 1 heterocycles. The maximum atomic E-state index is 12.2. The van der Waals surface area contributed by atoms with Gasteiger partial charge in [0, 0.05) is 35.5 Å². The average molecular weight is 343 g/mol. The number of hydrogen-bond acceptors (Lipinski definition) is 1. The molecule has 0 atom stereocenters. The molecule has 0 spiro atoms. The van der Waals surface area contributed by atoms with Crippen LogP contribution in [0.15, 0.2) is 65.4 Å². The Hall–Kier alpha value is -2.07. The van der Waals surface area contributed by atoms with Crippen LogP contribution in [0.5, 0.6) is 0 Å². The maximum absolute atomic E-state index is 12.2. The molecular weight excluding hydrogens is 328 g/mol. The number of nitrogens with one attached hydrogen (secondary N) is 1. The van der Waals surface area contributed by atoms with Crippen LogP contribution in [0.1, 0.15) is 10.4 Å². The van der Waals surface area contributed by atoms with Crippen molar-refractivity contribution < 1.29 is 4.79 Å². The van der Waals surface area contributed by atoms with Crippen molar-refractivity contribution in [2.75, 3.05) is 6.54 Å². The normalized spacial score (nSPS) is 10.7. The largest absolute Gasteiger partial charge is 0.353 e. The van der Waals surface area contributed by atoms with Gasteiger partial charge >= 0.3 is 0 Å². The highest BCUT2D eigenvalue weighted by Crippen LogP contribution is 2.20. The Morgan fingerprint density at radius 3 is 2.57 bits per heavy atom. The number of hydrogen-bond donors (Lipinski definition) is 1. The van der Waals surface area contributed by atoms with E-state index in [0.717, 1.165) is 21.8 Å². The fourth-order valence-corrected chi connectivity index (χ4v) is 2.66. The van der Waals surface area contributed by atoms with Crippen LogP contribution in [0.4, 0.5) is 0 Å². The Kier molecular flexibility index (Phi) is 4.06. The number of carbonyl (C=O) groups excluding carboxylic acids is 1. The molecular formula is C17H15BrN2O. The van der Waals surface area contributed by atoms with Crippen molar-refractivity contribution >= 4 is 32.6 Å². The van der Waals surface area contributed by atoms with Crippen LogP contribution in [0.2, 0.25) is 0 Å². The molecule has 4 heteroatoms. The maximum Gasteiger partial charge on any atom is 0.251 e. The second-order valence-electron chi connectivity index (χ2n) is 4.88. The molecule has 0 aliphatic rings. The molecule has 0 saturated carbocycles. The van der Waals surface area contributed by atoms with Crippen LogP contribution in [-0.4, -0.2) is 17.0 Å². The second-order valence-corrected chi connectivity index (χ2v) is 5.80. The summed E-state index contributed by atoms with van der Waals surface area (Å²) < 4.78 is 3.08. The van der Waals surface area contributed by atoms with Crippen LogP contribution in [-0.2, 0) is 6.54 Å². The molecule has 1 N–H and O–H groups in total. The molecule has 2 aromatic carbocycles. The van der Waals surface area contributed by atoms with Gasteiger partial charge < -0.3 is 9.88 Å². The minimum Gasteiger partial charge on any atom is -0.353 e. The van der Waals surface area contributed by atoms with Gasteiger partial charge in [0.15, 0.2) is 0 Å². The highest BCUT2D eigenvalue weighted by Gasteiger charge is 2.06. The van der Waals surface area contributed by atoms with E-state index >= 15 is 0 Å². The number of amides is 1. The Balaban J connectivity index is 1.68. The lowest BCUT2D eigenvalue weighted by molar-refractivity contribution is 0.0952. The van der Waals surface area contributed by atoms with Crippen molar-refractivity contribution in [1.29, 1.82) is 0 Å². The van der Waals surface area contributed by atoms with E-state index in [1.165, 1.54) is 0 Å². The van der Waals surface area contributed by atoms with Crippen molar-refractivity contribution in [1.82, 2.24) is 9.88 Å². The van der Waals surface area contributed by atoms with Gasteiger partial charge in [0.2, 0.25) is 0 Å². The SMILES string of the molecule is O=C(NCCn1cccc1)c1ccc2cc(Br)ccc2c1. The van der Waals surface area contributed by atoms with Crippen LogP contribution >= 0.6 is 15.9 Å². The average Bonchev–Trinajstić information content (AvgIpc) is 3.00. The second kappa shape index (κ2) is 6.14.